The van der Waals surface area contributed by atoms with Crippen molar-refractivity contribution in [2.45, 2.75) is 19.8 Å². The van der Waals surface area contributed by atoms with Gasteiger partial charge in [-0.2, -0.15) is 0 Å². The first kappa shape index (κ1) is 17.4. The first-order valence-corrected chi connectivity index (χ1v) is 8.88. The lowest BCUT2D eigenvalue weighted by Crippen LogP contribution is -2.45. The molecule has 0 saturated carbocycles. The summed E-state index contributed by atoms with van der Waals surface area (Å²) in [7, 11) is 1.73. The maximum Gasteiger partial charge on any atom is 0.119 e. The summed E-state index contributed by atoms with van der Waals surface area (Å²) in [5, 5.41) is 0. The Balaban J connectivity index is 1.77. The van der Waals surface area contributed by atoms with Crippen molar-refractivity contribution in [1.29, 1.82) is 0 Å². The van der Waals surface area contributed by atoms with Gasteiger partial charge in [0.05, 0.1) is 12.8 Å². The molecule has 22 heavy (non-hydrogen) atoms. The maximum atomic E-state index is 5.32. The molecule has 0 aromatic heterocycles. The molecule has 1 saturated heterocycles. The van der Waals surface area contributed by atoms with Crippen LogP contribution in [0.2, 0.25) is 0 Å². The Morgan fingerprint density at radius 2 is 2.05 bits per heavy atom. The number of benzene rings is 1. The predicted octanol–water partition coefficient (Wildman–Crippen LogP) is 3.54. The Bertz CT molecular complexity index is 544. The minimum atomic E-state index is 0.954. The monoisotopic (exact) mass is 412 g/mol. The third-order valence-corrected chi connectivity index (χ3v) is 5.33. The van der Waals surface area contributed by atoms with Crippen molar-refractivity contribution < 1.29 is 4.74 Å². The van der Waals surface area contributed by atoms with E-state index < -0.39 is 0 Å². The lowest BCUT2D eigenvalue weighted by molar-refractivity contribution is 0.158. The van der Waals surface area contributed by atoms with Crippen molar-refractivity contribution in [3.8, 4) is 5.75 Å². The fraction of sp³-hybridized carbons (Fsp3) is 0.500. The molecule has 120 valence electrons. The standard InChI is InChI=1S/C18H25IN2O/c1-4-15(2)21-12-10-20(11-13-21)9-5-6-16-14-17(22-3)7-8-18(16)19/h7-8,14H,1,5-6,9-13H2,2-3H3. The molecule has 0 spiro atoms. The van der Waals surface area contributed by atoms with E-state index in [0.29, 0.717) is 0 Å². The van der Waals surface area contributed by atoms with Gasteiger partial charge in [0.25, 0.3) is 0 Å². The first-order valence-electron chi connectivity index (χ1n) is 7.80. The summed E-state index contributed by atoms with van der Waals surface area (Å²) >= 11 is 2.41. The number of hydrogen-bond acceptors (Lipinski definition) is 3. The summed E-state index contributed by atoms with van der Waals surface area (Å²) < 4.78 is 6.65. The van der Waals surface area contributed by atoms with E-state index in [1.807, 2.05) is 6.07 Å². The largest absolute Gasteiger partial charge is 0.497 e. The summed E-state index contributed by atoms with van der Waals surface area (Å²) in [6.45, 7) is 11.4. The first-order chi connectivity index (χ1) is 10.6. The van der Waals surface area contributed by atoms with E-state index >= 15 is 0 Å². The van der Waals surface area contributed by atoms with Gasteiger partial charge in [-0.1, -0.05) is 6.58 Å². The molecule has 1 fully saturated rings. The van der Waals surface area contributed by atoms with Crippen molar-refractivity contribution >= 4 is 22.6 Å². The van der Waals surface area contributed by atoms with Gasteiger partial charge in [-0.05, 0) is 72.7 Å². The summed E-state index contributed by atoms with van der Waals surface area (Å²) in [4.78, 5) is 4.93. The summed E-state index contributed by atoms with van der Waals surface area (Å²) in [6, 6.07) is 6.33. The molecule has 4 heteroatoms. The number of allylic oxidation sites excluding steroid dienone is 1. The van der Waals surface area contributed by atoms with E-state index in [9.17, 15) is 0 Å². The number of methoxy groups -OCH3 is 1. The molecule has 0 radical (unpaired) electrons. The van der Waals surface area contributed by atoms with Gasteiger partial charge in [-0.25, -0.2) is 0 Å². The summed E-state index contributed by atoms with van der Waals surface area (Å²) in [5.74, 6) is 0.954. The van der Waals surface area contributed by atoms with Gasteiger partial charge >= 0.3 is 0 Å². The molecule has 0 aliphatic carbocycles. The van der Waals surface area contributed by atoms with Gasteiger partial charge in [-0.15, -0.1) is 5.73 Å². The highest BCUT2D eigenvalue weighted by atomic mass is 127. The predicted molar refractivity (Wildman–Crippen MR) is 100 cm³/mol. The molecule has 0 N–H and O–H groups in total. The van der Waals surface area contributed by atoms with Crippen LogP contribution in [0.4, 0.5) is 0 Å². The molecule has 1 aliphatic rings. The second-order valence-corrected chi connectivity index (χ2v) is 6.81. The maximum absolute atomic E-state index is 5.32. The zero-order valence-corrected chi connectivity index (χ0v) is 15.7. The van der Waals surface area contributed by atoms with Crippen LogP contribution in [0.3, 0.4) is 0 Å². The Labute approximate surface area is 147 Å². The Morgan fingerprint density at radius 1 is 1.32 bits per heavy atom. The molecular weight excluding hydrogens is 387 g/mol. The second-order valence-electron chi connectivity index (χ2n) is 5.65. The number of halogens is 1. The minimum absolute atomic E-state index is 0.954. The van der Waals surface area contributed by atoms with Crippen LogP contribution in [-0.2, 0) is 6.42 Å². The van der Waals surface area contributed by atoms with Crippen LogP contribution >= 0.6 is 22.6 Å². The average molecular weight is 412 g/mol. The molecule has 1 aromatic rings. The number of rotatable bonds is 6. The van der Waals surface area contributed by atoms with Crippen LogP contribution in [0.1, 0.15) is 18.9 Å². The van der Waals surface area contributed by atoms with Crippen LogP contribution in [0.25, 0.3) is 0 Å². The Hall–Kier alpha value is -0.970. The van der Waals surface area contributed by atoms with Crippen LogP contribution < -0.4 is 4.74 Å². The number of piperazine rings is 1. The number of aryl methyl sites for hydroxylation is 1. The molecule has 3 nitrogen and oxygen atoms in total. The third kappa shape index (κ3) is 4.77. The van der Waals surface area contributed by atoms with Gasteiger partial charge < -0.3 is 9.64 Å². The fourth-order valence-electron chi connectivity index (χ4n) is 2.78. The molecule has 0 amide bonds. The molecular formula is C18H25IN2O. The third-order valence-electron chi connectivity index (χ3n) is 4.28. The van der Waals surface area contributed by atoms with Crippen LogP contribution in [-0.4, -0.2) is 49.6 Å². The van der Waals surface area contributed by atoms with Crippen LogP contribution in [0, 0.1) is 3.57 Å². The van der Waals surface area contributed by atoms with Gasteiger partial charge in [0, 0.05) is 29.7 Å². The zero-order valence-electron chi connectivity index (χ0n) is 13.6. The number of nitrogens with zero attached hydrogens (tertiary/aromatic N) is 2. The van der Waals surface area contributed by atoms with E-state index in [1.165, 1.54) is 21.3 Å². The van der Waals surface area contributed by atoms with Crippen molar-refractivity contribution in [2.75, 3.05) is 39.8 Å². The Morgan fingerprint density at radius 3 is 2.68 bits per heavy atom. The van der Waals surface area contributed by atoms with Crippen LogP contribution in [0.15, 0.2) is 36.2 Å². The van der Waals surface area contributed by atoms with Gasteiger partial charge in [0.1, 0.15) is 5.75 Å². The molecule has 0 unspecified atom stereocenters. The normalized spacial score (nSPS) is 15.5. The fourth-order valence-corrected chi connectivity index (χ4v) is 3.39. The van der Waals surface area contributed by atoms with E-state index in [-0.39, 0.29) is 0 Å². The van der Waals surface area contributed by atoms with E-state index in [2.05, 4.69) is 63.8 Å². The van der Waals surface area contributed by atoms with Crippen molar-refractivity contribution in [3.05, 3.63) is 45.3 Å². The van der Waals surface area contributed by atoms with Gasteiger partial charge in [-0.3, -0.25) is 4.90 Å². The smallest absolute Gasteiger partial charge is 0.119 e. The second kappa shape index (κ2) is 8.61. The number of hydrogen-bond donors (Lipinski definition) is 0. The minimum Gasteiger partial charge on any atom is -0.497 e. The summed E-state index contributed by atoms with van der Waals surface area (Å²) in [5.41, 5.74) is 5.56. The SMILES string of the molecule is C=C=C(C)N1CCN(CCCc2cc(OC)ccc2I)CC1. The lowest BCUT2D eigenvalue weighted by Gasteiger charge is -2.35. The van der Waals surface area contributed by atoms with Gasteiger partial charge in [0.2, 0.25) is 0 Å². The van der Waals surface area contributed by atoms with E-state index in [0.717, 1.165) is 44.9 Å². The van der Waals surface area contributed by atoms with Crippen molar-refractivity contribution in [2.24, 2.45) is 0 Å². The Kier molecular flexibility index (Phi) is 6.80. The molecule has 0 atom stereocenters. The molecule has 1 heterocycles. The highest BCUT2D eigenvalue weighted by Gasteiger charge is 2.16. The molecule has 1 aromatic carbocycles. The highest BCUT2D eigenvalue weighted by Crippen LogP contribution is 2.21. The zero-order chi connectivity index (χ0) is 15.9. The number of ether oxygens (including phenoxy) is 1. The van der Waals surface area contributed by atoms with Crippen molar-refractivity contribution in [1.82, 2.24) is 9.80 Å². The average Bonchev–Trinajstić information content (AvgIpc) is 2.56. The molecule has 0 bridgehead atoms. The van der Waals surface area contributed by atoms with E-state index in [1.54, 1.807) is 7.11 Å². The van der Waals surface area contributed by atoms with Gasteiger partial charge in [0.15, 0.2) is 0 Å². The molecule has 1 aliphatic heterocycles. The molecule has 2 rings (SSSR count). The quantitative estimate of drug-likeness (QED) is 0.525. The lowest BCUT2D eigenvalue weighted by atomic mass is 10.1. The topological polar surface area (TPSA) is 15.7 Å². The summed E-state index contributed by atoms with van der Waals surface area (Å²) in [6.07, 6.45) is 2.31. The van der Waals surface area contributed by atoms with E-state index in [4.69, 9.17) is 4.74 Å². The highest BCUT2D eigenvalue weighted by molar-refractivity contribution is 14.1. The van der Waals surface area contributed by atoms with Crippen molar-refractivity contribution in [3.63, 3.8) is 0 Å². The van der Waals surface area contributed by atoms with Crippen LogP contribution in [0.5, 0.6) is 5.75 Å².